The Morgan fingerprint density at radius 1 is 1.08 bits per heavy atom. The lowest BCUT2D eigenvalue weighted by atomic mass is 9.73. The standard InChI is InChI=1S/C35H37F5N4O4/c1-5-21-25(36)7-6-19-12-20(45)13-22(27(19)21)28-26(37)14-23-30(29(28)38)41-33(42-32(23)44-10-11-47-18-35(3,46)16-44)48-17-34(2)15-43(4)9-8-24(34)31(39)40/h6-7,10-14,24,31,45-46H,5,8-9,15-18H2,1-4H3/t24-,34+,35+/m1/s1. The fraction of sp³-hybridized carbons (Fsp3) is 0.429. The largest absolute Gasteiger partial charge is 0.508 e. The van der Waals surface area contributed by atoms with E-state index in [0.29, 0.717) is 18.5 Å². The Labute approximate surface area is 274 Å². The van der Waals surface area contributed by atoms with Crippen molar-refractivity contribution in [1.29, 1.82) is 0 Å². The van der Waals surface area contributed by atoms with Gasteiger partial charge in [0.05, 0.1) is 25.0 Å². The monoisotopic (exact) mass is 672 g/mol. The van der Waals surface area contributed by atoms with Crippen LogP contribution in [-0.2, 0) is 11.2 Å². The summed E-state index contributed by atoms with van der Waals surface area (Å²) in [6.07, 6.45) is 0.616. The molecule has 1 fully saturated rings. The highest BCUT2D eigenvalue weighted by molar-refractivity contribution is 6.03. The molecule has 0 radical (unpaired) electrons. The minimum absolute atomic E-state index is 0.0289. The summed E-state index contributed by atoms with van der Waals surface area (Å²) in [6, 6.07) is 5.89. The van der Waals surface area contributed by atoms with Crippen molar-refractivity contribution in [2.24, 2.45) is 11.3 Å². The number of phenolic OH excluding ortho intramolecular Hbond substituents is 1. The number of rotatable bonds is 7. The number of hydrogen-bond acceptors (Lipinski definition) is 8. The van der Waals surface area contributed by atoms with Crippen LogP contribution >= 0.6 is 0 Å². The number of aromatic hydroxyl groups is 1. The number of benzene rings is 3. The molecule has 6 rings (SSSR count). The van der Waals surface area contributed by atoms with E-state index in [9.17, 15) is 23.4 Å². The van der Waals surface area contributed by atoms with Crippen LogP contribution in [0.15, 0.2) is 42.8 Å². The van der Waals surface area contributed by atoms with Gasteiger partial charge in [-0.2, -0.15) is 9.97 Å². The van der Waals surface area contributed by atoms with Gasteiger partial charge in [-0.1, -0.05) is 19.9 Å². The molecule has 4 aromatic rings. The number of ether oxygens (including phenoxy) is 2. The number of hydrogen-bond donors (Lipinski definition) is 2. The Hall–Kier alpha value is -4.23. The SMILES string of the molecule is CCc1c(F)ccc2cc(O)cc(-c3c(F)cc4c(N5C=COC[C@@](C)(O)C5)nc(OC[C@]5(C)CN(C)CC[C@@H]5C(F)F)nc4c3F)c12. The van der Waals surface area contributed by atoms with E-state index >= 15 is 8.78 Å². The summed E-state index contributed by atoms with van der Waals surface area (Å²) >= 11 is 0. The highest BCUT2D eigenvalue weighted by Crippen LogP contribution is 2.43. The first kappa shape index (κ1) is 33.7. The lowest BCUT2D eigenvalue weighted by Gasteiger charge is -2.44. The van der Waals surface area contributed by atoms with Gasteiger partial charge in [0.2, 0.25) is 6.43 Å². The zero-order chi connectivity index (χ0) is 34.5. The van der Waals surface area contributed by atoms with Gasteiger partial charge in [-0.05, 0) is 79.5 Å². The highest BCUT2D eigenvalue weighted by Gasteiger charge is 2.44. The van der Waals surface area contributed by atoms with Crippen molar-refractivity contribution in [3.8, 4) is 22.9 Å². The number of anilines is 1. The second-order valence-corrected chi connectivity index (χ2v) is 13.4. The van der Waals surface area contributed by atoms with E-state index in [2.05, 4.69) is 9.97 Å². The first-order valence-corrected chi connectivity index (χ1v) is 15.7. The summed E-state index contributed by atoms with van der Waals surface area (Å²) in [7, 11) is 1.83. The van der Waals surface area contributed by atoms with E-state index < -0.39 is 46.4 Å². The molecule has 2 aliphatic heterocycles. The Bertz CT molecular complexity index is 1910. The molecule has 1 saturated heterocycles. The highest BCUT2D eigenvalue weighted by atomic mass is 19.3. The predicted molar refractivity (Wildman–Crippen MR) is 172 cm³/mol. The van der Waals surface area contributed by atoms with Gasteiger partial charge in [0.25, 0.3) is 0 Å². The summed E-state index contributed by atoms with van der Waals surface area (Å²) in [5.41, 5.74) is -3.20. The lowest BCUT2D eigenvalue weighted by Crippen LogP contribution is -2.51. The Morgan fingerprint density at radius 3 is 2.58 bits per heavy atom. The van der Waals surface area contributed by atoms with Crippen LogP contribution < -0.4 is 9.64 Å². The number of β-amino-alcohol motifs (C(OH)–C–C–N with tert-alkyl or cyclic N) is 1. The van der Waals surface area contributed by atoms with Gasteiger partial charge in [-0.15, -0.1) is 0 Å². The summed E-state index contributed by atoms with van der Waals surface area (Å²) in [5.74, 6) is -4.01. The van der Waals surface area contributed by atoms with E-state index in [1.807, 2.05) is 11.9 Å². The fourth-order valence-electron chi connectivity index (χ4n) is 7.02. The van der Waals surface area contributed by atoms with Gasteiger partial charge >= 0.3 is 6.01 Å². The van der Waals surface area contributed by atoms with Crippen molar-refractivity contribution in [3.63, 3.8) is 0 Å². The molecule has 0 unspecified atom stereocenters. The number of phenols is 1. The van der Waals surface area contributed by atoms with Gasteiger partial charge < -0.3 is 29.5 Å². The van der Waals surface area contributed by atoms with Crippen LogP contribution in [0.2, 0.25) is 0 Å². The third kappa shape index (κ3) is 6.21. The number of piperidine rings is 1. The molecule has 0 bridgehead atoms. The second-order valence-electron chi connectivity index (χ2n) is 13.4. The second kappa shape index (κ2) is 12.7. The molecule has 8 nitrogen and oxygen atoms in total. The van der Waals surface area contributed by atoms with Crippen molar-refractivity contribution in [1.82, 2.24) is 14.9 Å². The molecule has 0 amide bonds. The van der Waals surface area contributed by atoms with Gasteiger partial charge in [-0.25, -0.2) is 22.0 Å². The minimum Gasteiger partial charge on any atom is -0.508 e. The van der Waals surface area contributed by atoms with E-state index in [0.717, 1.165) is 6.07 Å². The van der Waals surface area contributed by atoms with Crippen molar-refractivity contribution >= 4 is 27.5 Å². The van der Waals surface area contributed by atoms with Crippen LogP contribution in [0.3, 0.4) is 0 Å². The van der Waals surface area contributed by atoms with Crippen LogP contribution in [0.5, 0.6) is 11.8 Å². The normalized spacial score (nSPS) is 23.6. The van der Waals surface area contributed by atoms with Crippen molar-refractivity contribution < 1.29 is 41.6 Å². The van der Waals surface area contributed by atoms with Crippen LogP contribution in [-0.4, -0.2) is 77.0 Å². The number of nitrogens with zero attached hydrogens (tertiary/aromatic N) is 4. The van der Waals surface area contributed by atoms with Gasteiger partial charge in [-0.3, -0.25) is 0 Å². The quantitative estimate of drug-likeness (QED) is 0.208. The molecule has 3 aromatic carbocycles. The number of aliphatic hydroxyl groups is 1. The zero-order valence-corrected chi connectivity index (χ0v) is 27.0. The summed E-state index contributed by atoms with van der Waals surface area (Å²) < 4.78 is 87.7. The molecule has 2 aliphatic rings. The van der Waals surface area contributed by atoms with Crippen molar-refractivity contribution in [2.45, 2.75) is 45.6 Å². The first-order chi connectivity index (χ1) is 22.7. The zero-order valence-electron chi connectivity index (χ0n) is 27.0. The first-order valence-electron chi connectivity index (χ1n) is 15.7. The van der Waals surface area contributed by atoms with Crippen LogP contribution in [0.25, 0.3) is 32.8 Å². The third-order valence-corrected chi connectivity index (χ3v) is 9.32. The molecule has 3 atom stereocenters. The molecular weight excluding hydrogens is 635 g/mol. The molecule has 0 spiro atoms. The van der Waals surface area contributed by atoms with Crippen LogP contribution in [0.4, 0.5) is 27.8 Å². The van der Waals surface area contributed by atoms with Gasteiger partial charge in [0, 0.05) is 29.5 Å². The van der Waals surface area contributed by atoms with Crippen molar-refractivity contribution in [3.05, 3.63) is 65.8 Å². The van der Waals surface area contributed by atoms with Crippen molar-refractivity contribution in [2.75, 3.05) is 44.8 Å². The maximum Gasteiger partial charge on any atom is 0.319 e. The molecule has 48 heavy (non-hydrogen) atoms. The maximum absolute atomic E-state index is 16.9. The molecular formula is C35H37F5N4O4. The smallest absolute Gasteiger partial charge is 0.319 e. The topological polar surface area (TPSA) is 91.2 Å². The summed E-state index contributed by atoms with van der Waals surface area (Å²) in [5, 5.41) is 22.0. The molecule has 3 heterocycles. The number of alkyl halides is 2. The molecule has 0 aliphatic carbocycles. The summed E-state index contributed by atoms with van der Waals surface area (Å²) in [6.45, 7) is 5.35. The fourth-order valence-corrected chi connectivity index (χ4v) is 7.02. The van der Waals surface area contributed by atoms with E-state index in [-0.39, 0.29) is 77.6 Å². The number of aromatic nitrogens is 2. The number of fused-ring (bicyclic) bond motifs is 2. The Morgan fingerprint density at radius 2 is 1.85 bits per heavy atom. The van der Waals surface area contributed by atoms with Gasteiger partial charge in [0.1, 0.15) is 40.9 Å². The average Bonchev–Trinajstić information content (AvgIpc) is 3.20. The molecule has 13 heteroatoms. The van der Waals surface area contributed by atoms with Crippen LogP contribution in [0, 0.1) is 28.8 Å². The van der Waals surface area contributed by atoms with Crippen LogP contribution in [0.1, 0.15) is 32.8 Å². The average molecular weight is 673 g/mol. The Kier molecular flexibility index (Phi) is 8.88. The van der Waals surface area contributed by atoms with E-state index in [1.165, 1.54) is 48.6 Å². The predicted octanol–water partition coefficient (Wildman–Crippen LogP) is 6.80. The van der Waals surface area contributed by atoms with Gasteiger partial charge in [0.15, 0.2) is 5.82 Å². The number of likely N-dealkylation sites (tertiary alicyclic amines) is 1. The molecule has 2 N–H and O–H groups in total. The maximum atomic E-state index is 16.9. The number of aryl methyl sites for hydroxylation is 1. The minimum atomic E-state index is -2.59. The number of halogens is 5. The Balaban J connectivity index is 1.56. The summed E-state index contributed by atoms with van der Waals surface area (Å²) in [4.78, 5) is 12.2. The third-order valence-electron chi connectivity index (χ3n) is 9.32. The van der Waals surface area contributed by atoms with E-state index in [4.69, 9.17) is 9.47 Å². The lowest BCUT2D eigenvalue weighted by molar-refractivity contribution is -0.0679. The van der Waals surface area contributed by atoms with E-state index in [1.54, 1.807) is 13.8 Å². The molecule has 1 aromatic heterocycles. The molecule has 256 valence electrons. The molecule has 0 saturated carbocycles.